The van der Waals surface area contributed by atoms with Gasteiger partial charge in [-0.3, -0.25) is 9.59 Å². The second kappa shape index (κ2) is 7.94. The Morgan fingerprint density at radius 1 is 1.32 bits per heavy atom. The first-order valence-electron chi connectivity index (χ1n) is 7.81. The molecule has 5 heteroatoms. The van der Waals surface area contributed by atoms with Gasteiger partial charge in [0.1, 0.15) is 5.75 Å². The van der Waals surface area contributed by atoms with E-state index in [0.717, 1.165) is 25.4 Å². The molecule has 1 aromatic carbocycles. The topological polar surface area (TPSA) is 58.6 Å². The number of hydrogen-bond donors (Lipinski definition) is 1. The molecule has 1 saturated heterocycles. The van der Waals surface area contributed by atoms with Crippen molar-refractivity contribution in [1.82, 2.24) is 10.2 Å². The third kappa shape index (κ3) is 4.84. The number of ketones is 1. The van der Waals surface area contributed by atoms with Crippen molar-refractivity contribution in [3.63, 3.8) is 0 Å². The van der Waals surface area contributed by atoms with E-state index in [-0.39, 0.29) is 11.7 Å². The van der Waals surface area contributed by atoms with Gasteiger partial charge in [-0.15, -0.1) is 0 Å². The van der Waals surface area contributed by atoms with Gasteiger partial charge in [0.05, 0.1) is 6.61 Å². The molecule has 1 aliphatic rings. The number of rotatable bonds is 6. The van der Waals surface area contributed by atoms with Gasteiger partial charge >= 0.3 is 0 Å². The van der Waals surface area contributed by atoms with Crippen LogP contribution in [0.2, 0.25) is 0 Å². The van der Waals surface area contributed by atoms with Gasteiger partial charge in [0.25, 0.3) is 0 Å². The Labute approximate surface area is 131 Å². The van der Waals surface area contributed by atoms with Crippen LogP contribution in [0.1, 0.15) is 37.0 Å². The molecule has 0 saturated carbocycles. The molecule has 1 aromatic rings. The molecular weight excluding hydrogens is 280 g/mol. The number of ether oxygens (including phenoxy) is 1. The highest BCUT2D eigenvalue weighted by Gasteiger charge is 2.19. The van der Waals surface area contributed by atoms with Crippen molar-refractivity contribution in [1.29, 1.82) is 0 Å². The third-order valence-corrected chi connectivity index (χ3v) is 3.79. The molecule has 1 heterocycles. The lowest BCUT2D eigenvalue weighted by atomic mass is 10.1. The van der Waals surface area contributed by atoms with Gasteiger partial charge in [0, 0.05) is 37.7 Å². The zero-order valence-electron chi connectivity index (χ0n) is 13.3. The summed E-state index contributed by atoms with van der Waals surface area (Å²) in [6.07, 6.45) is 1.21. The molecule has 0 radical (unpaired) electrons. The molecule has 0 aromatic heterocycles. The van der Waals surface area contributed by atoms with E-state index in [1.807, 2.05) is 4.90 Å². The SMILES string of the molecule is CC(=O)c1ccc(OCCCC(=O)N2CCNC(C)C2)cc1. The Bertz CT molecular complexity index is 513. The van der Waals surface area contributed by atoms with Crippen LogP contribution in [0, 0.1) is 0 Å². The minimum Gasteiger partial charge on any atom is -0.494 e. The van der Waals surface area contributed by atoms with E-state index >= 15 is 0 Å². The Balaban J connectivity index is 1.68. The normalized spacial score (nSPS) is 18.1. The first-order valence-corrected chi connectivity index (χ1v) is 7.81. The molecule has 1 amide bonds. The molecule has 5 nitrogen and oxygen atoms in total. The molecular formula is C17H24N2O3. The van der Waals surface area contributed by atoms with Crippen LogP contribution in [0.5, 0.6) is 5.75 Å². The van der Waals surface area contributed by atoms with E-state index in [1.54, 1.807) is 31.2 Å². The molecule has 0 bridgehead atoms. The number of Topliss-reactive ketones (excluding diaryl/α,β-unsaturated/α-hetero) is 1. The minimum atomic E-state index is 0.0439. The highest BCUT2D eigenvalue weighted by atomic mass is 16.5. The van der Waals surface area contributed by atoms with E-state index in [9.17, 15) is 9.59 Å². The predicted octanol–water partition coefficient (Wildman–Crippen LogP) is 1.87. The first kappa shape index (κ1) is 16.5. The maximum Gasteiger partial charge on any atom is 0.222 e. The zero-order chi connectivity index (χ0) is 15.9. The number of hydrogen-bond acceptors (Lipinski definition) is 4. The van der Waals surface area contributed by atoms with Crippen LogP contribution in [-0.4, -0.2) is 48.9 Å². The Morgan fingerprint density at radius 3 is 2.68 bits per heavy atom. The standard InChI is InChI=1S/C17H24N2O3/c1-13-12-19(10-9-18-13)17(21)4-3-11-22-16-7-5-15(6-8-16)14(2)20/h5-8,13,18H,3-4,9-12H2,1-2H3. The summed E-state index contributed by atoms with van der Waals surface area (Å²) in [6, 6.07) is 7.46. The molecule has 1 N–H and O–H groups in total. The number of nitrogens with one attached hydrogen (secondary N) is 1. The van der Waals surface area contributed by atoms with E-state index in [4.69, 9.17) is 4.74 Å². The van der Waals surface area contributed by atoms with Gasteiger partial charge < -0.3 is 15.0 Å². The van der Waals surface area contributed by atoms with E-state index < -0.39 is 0 Å². The molecule has 1 fully saturated rings. The average Bonchev–Trinajstić information content (AvgIpc) is 2.51. The maximum atomic E-state index is 12.1. The highest BCUT2D eigenvalue weighted by Crippen LogP contribution is 2.13. The van der Waals surface area contributed by atoms with Gasteiger partial charge in [-0.05, 0) is 44.5 Å². The molecule has 22 heavy (non-hydrogen) atoms. The lowest BCUT2D eigenvalue weighted by Gasteiger charge is -2.32. The van der Waals surface area contributed by atoms with Crippen molar-refractivity contribution in [2.24, 2.45) is 0 Å². The highest BCUT2D eigenvalue weighted by molar-refractivity contribution is 5.94. The second-order valence-corrected chi connectivity index (χ2v) is 5.73. The van der Waals surface area contributed by atoms with Gasteiger partial charge in [0.2, 0.25) is 5.91 Å². The van der Waals surface area contributed by atoms with Gasteiger partial charge in [-0.2, -0.15) is 0 Å². The largest absolute Gasteiger partial charge is 0.494 e. The summed E-state index contributed by atoms with van der Waals surface area (Å²) >= 11 is 0. The summed E-state index contributed by atoms with van der Waals surface area (Å²) in [5.74, 6) is 0.972. The summed E-state index contributed by atoms with van der Waals surface area (Å²) in [5, 5.41) is 3.33. The number of amides is 1. The summed E-state index contributed by atoms with van der Waals surface area (Å²) < 4.78 is 5.61. The fourth-order valence-corrected chi connectivity index (χ4v) is 2.52. The molecule has 1 unspecified atom stereocenters. The third-order valence-electron chi connectivity index (χ3n) is 3.79. The lowest BCUT2D eigenvalue weighted by molar-refractivity contribution is -0.132. The Morgan fingerprint density at radius 2 is 2.05 bits per heavy atom. The van der Waals surface area contributed by atoms with Gasteiger partial charge in [-0.25, -0.2) is 0 Å². The monoisotopic (exact) mass is 304 g/mol. The lowest BCUT2D eigenvalue weighted by Crippen LogP contribution is -2.51. The number of carbonyl (C=O) groups excluding carboxylic acids is 2. The summed E-state index contributed by atoms with van der Waals surface area (Å²) in [4.78, 5) is 25.2. The van der Waals surface area contributed by atoms with E-state index in [2.05, 4.69) is 12.2 Å². The Hall–Kier alpha value is -1.88. The zero-order valence-corrected chi connectivity index (χ0v) is 13.3. The van der Waals surface area contributed by atoms with Crippen molar-refractivity contribution in [2.75, 3.05) is 26.2 Å². The summed E-state index contributed by atoms with van der Waals surface area (Å²) in [7, 11) is 0. The number of nitrogens with zero attached hydrogens (tertiary/aromatic N) is 1. The van der Waals surface area contributed by atoms with Crippen molar-refractivity contribution in [2.45, 2.75) is 32.7 Å². The van der Waals surface area contributed by atoms with Crippen LogP contribution >= 0.6 is 0 Å². The fraction of sp³-hybridized carbons (Fsp3) is 0.529. The van der Waals surface area contributed by atoms with Crippen molar-refractivity contribution in [3.05, 3.63) is 29.8 Å². The van der Waals surface area contributed by atoms with Crippen molar-refractivity contribution in [3.8, 4) is 5.75 Å². The van der Waals surface area contributed by atoms with Crippen LogP contribution in [0.15, 0.2) is 24.3 Å². The van der Waals surface area contributed by atoms with Gasteiger partial charge in [-0.1, -0.05) is 0 Å². The fourth-order valence-electron chi connectivity index (χ4n) is 2.52. The average molecular weight is 304 g/mol. The Kier molecular flexibility index (Phi) is 5.95. The van der Waals surface area contributed by atoms with Gasteiger partial charge in [0.15, 0.2) is 5.78 Å². The predicted molar refractivity (Wildman–Crippen MR) is 85.2 cm³/mol. The minimum absolute atomic E-state index is 0.0439. The van der Waals surface area contributed by atoms with E-state index in [0.29, 0.717) is 31.1 Å². The molecule has 1 atom stereocenters. The molecule has 0 spiro atoms. The van der Waals surface area contributed by atoms with Crippen LogP contribution in [0.4, 0.5) is 0 Å². The summed E-state index contributed by atoms with van der Waals surface area (Å²) in [6.45, 7) is 6.58. The molecule has 0 aliphatic carbocycles. The number of carbonyl (C=O) groups is 2. The van der Waals surface area contributed by atoms with Crippen LogP contribution < -0.4 is 10.1 Å². The number of piperazine rings is 1. The smallest absolute Gasteiger partial charge is 0.222 e. The summed E-state index contributed by atoms with van der Waals surface area (Å²) in [5.41, 5.74) is 0.676. The van der Waals surface area contributed by atoms with Crippen LogP contribution in [0.25, 0.3) is 0 Å². The van der Waals surface area contributed by atoms with Crippen LogP contribution in [-0.2, 0) is 4.79 Å². The second-order valence-electron chi connectivity index (χ2n) is 5.73. The van der Waals surface area contributed by atoms with Crippen molar-refractivity contribution < 1.29 is 14.3 Å². The molecule has 2 rings (SSSR count). The quantitative estimate of drug-likeness (QED) is 0.644. The molecule has 1 aliphatic heterocycles. The first-order chi connectivity index (χ1) is 10.6. The van der Waals surface area contributed by atoms with E-state index in [1.165, 1.54) is 0 Å². The van der Waals surface area contributed by atoms with Crippen LogP contribution in [0.3, 0.4) is 0 Å². The number of benzene rings is 1. The van der Waals surface area contributed by atoms with Crippen molar-refractivity contribution >= 4 is 11.7 Å². The maximum absolute atomic E-state index is 12.1. The molecule has 120 valence electrons.